The van der Waals surface area contributed by atoms with Crippen molar-refractivity contribution in [2.24, 2.45) is 0 Å². The molecule has 0 spiro atoms. The molecule has 8 heteroatoms. The minimum Gasteiger partial charge on any atom is -0.486 e. The highest BCUT2D eigenvalue weighted by Crippen LogP contribution is 2.34. The first kappa shape index (κ1) is 19.3. The fourth-order valence-electron chi connectivity index (χ4n) is 3.25. The molecule has 1 amide bonds. The van der Waals surface area contributed by atoms with Crippen molar-refractivity contribution in [3.8, 4) is 22.8 Å². The molecule has 2 aromatic carbocycles. The maximum atomic E-state index is 14.4. The van der Waals surface area contributed by atoms with E-state index in [0.717, 1.165) is 0 Å². The molecule has 0 fully saturated rings. The number of halogens is 2. The van der Waals surface area contributed by atoms with Crippen molar-refractivity contribution in [2.45, 2.75) is 13.0 Å². The number of nitrogens with zero attached hydrogens (tertiary/aromatic N) is 2. The van der Waals surface area contributed by atoms with Crippen LogP contribution in [0.2, 0.25) is 5.02 Å². The summed E-state index contributed by atoms with van der Waals surface area (Å²) in [6.45, 7) is 2.17. The van der Waals surface area contributed by atoms with Gasteiger partial charge < -0.3 is 18.9 Å². The summed E-state index contributed by atoms with van der Waals surface area (Å²) in [5.74, 6) is 0.625. The Morgan fingerprint density at radius 2 is 2.00 bits per heavy atom. The number of likely N-dealkylation sites (N-methyl/N-ethyl adjacent to an activating group) is 1. The molecule has 3 aromatic rings. The Hall–Kier alpha value is -3.06. The third-order valence-corrected chi connectivity index (χ3v) is 4.98. The minimum absolute atomic E-state index is 0.0361. The quantitative estimate of drug-likeness (QED) is 0.632. The zero-order chi connectivity index (χ0) is 20.5. The molecule has 0 bridgehead atoms. The number of aryl methyl sites for hydroxylation is 1. The van der Waals surface area contributed by atoms with Crippen LogP contribution in [-0.2, 0) is 0 Å². The Bertz CT molecular complexity index is 1050. The van der Waals surface area contributed by atoms with Crippen LogP contribution >= 0.6 is 11.6 Å². The van der Waals surface area contributed by atoms with Crippen molar-refractivity contribution >= 4 is 17.5 Å². The van der Waals surface area contributed by atoms with Gasteiger partial charge in [0.05, 0.1) is 17.1 Å². The zero-order valence-electron chi connectivity index (χ0n) is 15.8. The molecule has 4 rings (SSSR count). The number of hydrogen-bond acceptors (Lipinski definition) is 5. The highest BCUT2D eigenvalue weighted by Gasteiger charge is 2.30. The molecule has 150 valence electrons. The summed E-state index contributed by atoms with van der Waals surface area (Å²) < 4.78 is 31.2. The normalized spacial score (nSPS) is 15.2. The average Bonchev–Trinajstić information content (AvgIpc) is 3.08. The minimum atomic E-state index is -0.580. The lowest BCUT2D eigenvalue weighted by atomic mass is 10.0. The van der Waals surface area contributed by atoms with E-state index in [1.54, 1.807) is 14.0 Å². The number of benzene rings is 2. The first-order valence-corrected chi connectivity index (χ1v) is 9.38. The number of para-hydroxylation sites is 2. The van der Waals surface area contributed by atoms with E-state index in [9.17, 15) is 9.18 Å². The van der Waals surface area contributed by atoms with Crippen LogP contribution in [-0.4, -0.2) is 42.3 Å². The largest absolute Gasteiger partial charge is 0.486 e. The summed E-state index contributed by atoms with van der Waals surface area (Å²) in [5, 5.41) is 4.03. The van der Waals surface area contributed by atoms with Crippen LogP contribution in [0.5, 0.6) is 11.5 Å². The number of aromatic nitrogens is 1. The van der Waals surface area contributed by atoms with Gasteiger partial charge in [0, 0.05) is 7.05 Å². The molecule has 0 saturated carbocycles. The fraction of sp³-hybridized carbons (Fsp3) is 0.238. The molecule has 1 aromatic heterocycles. The number of amides is 1. The molecule has 6 nitrogen and oxygen atoms in total. The lowest BCUT2D eigenvalue weighted by molar-refractivity contribution is 0.0520. The van der Waals surface area contributed by atoms with Gasteiger partial charge in [-0.1, -0.05) is 35.0 Å². The van der Waals surface area contributed by atoms with Crippen molar-refractivity contribution in [2.75, 3.05) is 20.2 Å². The van der Waals surface area contributed by atoms with E-state index in [0.29, 0.717) is 18.1 Å². The maximum Gasteiger partial charge on any atom is 0.259 e. The van der Waals surface area contributed by atoms with E-state index in [4.69, 9.17) is 25.6 Å². The molecule has 1 unspecified atom stereocenters. The summed E-state index contributed by atoms with van der Waals surface area (Å²) in [7, 11) is 1.63. The van der Waals surface area contributed by atoms with Gasteiger partial charge in [0.1, 0.15) is 29.4 Å². The van der Waals surface area contributed by atoms with Crippen LogP contribution in [0.25, 0.3) is 11.3 Å². The van der Waals surface area contributed by atoms with E-state index in [1.807, 2.05) is 24.3 Å². The molecule has 0 radical (unpaired) electrons. The van der Waals surface area contributed by atoms with Gasteiger partial charge in [-0.25, -0.2) is 4.39 Å². The molecule has 0 saturated heterocycles. The molecule has 1 aliphatic rings. The molecule has 1 aliphatic heterocycles. The molecular formula is C21H18ClFN2O4. The van der Waals surface area contributed by atoms with Crippen LogP contribution in [0.3, 0.4) is 0 Å². The summed E-state index contributed by atoms with van der Waals surface area (Å²) >= 11 is 6.15. The third kappa shape index (κ3) is 3.65. The Morgan fingerprint density at radius 1 is 1.24 bits per heavy atom. The van der Waals surface area contributed by atoms with E-state index in [1.165, 1.54) is 23.1 Å². The van der Waals surface area contributed by atoms with Crippen molar-refractivity contribution in [3.63, 3.8) is 0 Å². The Kier molecular flexibility index (Phi) is 5.15. The summed E-state index contributed by atoms with van der Waals surface area (Å²) in [6.07, 6.45) is -0.348. The number of carbonyl (C=O) groups excluding carboxylic acids is 1. The van der Waals surface area contributed by atoms with Gasteiger partial charge in [-0.3, -0.25) is 4.79 Å². The maximum absolute atomic E-state index is 14.4. The van der Waals surface area contributed by atoms with Gasteiger partial charge in [0.2, 0.25) is 0 Å². The predicted octanol–water partition coefficient (Wildman–Crippen LogP) is 4.35. The lowest BCUT2D eigenvalue weighted by Gasteiger charge is -2.29. The fourth-order valence-corrected chi connectivity index (χ4v) is 3.50. The van der Waals surface area contributed by atoms with Gasteiger partial charge in [-0.15, -0.1) is 0 Å². The SMILES string of the molecule is Cc1onc(-c2c(F)cccc2Cl)c1C(=O)N(C)CC1COc2ccccc2O1. The van der Waals surface area contributed by atoms with E-state index >= 15 is 0 Å². The second-order valence-corrected chi connectivity index (χ2v) is 7.15. The molecule has 2 heterocycles. The predicted molar refractivity (Wildman–Crippen MR) is 105 cm³/mol. The summed E-state index contributed by atoms with van der Waals surface area (Å²) in [6, 6.07) is 11.6. The van der Waals surface area contributed by atoms with Gasteiger partial charge in [0.25, 0.3) is 5.91 Å². The smallest absolute Gasteiger partial charge is 0.259 e. The Labute approximate surface area is 171 Å². The summed E-state index contributed by atoms with van der Waals surface area (Å²) in [4.78, 5) is 14.6. The highest BCUT2D eigenvalue weighted by molar-refractivity contribution is 6.33. The van der Waals surface area contributed by atoms with Crippen LogP contribution < -0.4 is 9.47 Å². The second kappa shape index (κ2) is 7.75. The molecule has 0 N–H and O–H groups in total. The van der Waals surface area contributed by atoms with E-state index in [-0.39, 0.29) is 46.2 Å². The molecular weight excluding hydrogens is 399 g/mol. The number of ether oxygens (including phenoxy) is 2. The Morgan fingerprint density at radius 3 is 2.76 bits per heavy atom. The average molecular weight is 417 g/mol. The second-order valence-electron chi connectivity index (χ2n) is 6.74. The third-order valence-electron chi connectivity index (χ3n) is 4.67. The van der Waals surface area contributed by atoms with Gasteiger partial charge in [-0.05, 0) is 31.2 Å². The highest BCUT2D eigenvalue weighted by atomic mass is 35.5. The van der Waals surface area contributed by atoms with Crippen LogP contribution in [0.15, 0.2) is 47.0 Å². The van der Waals surface area contributed by atoms with Crippen molar-refractivity contribution in [1.29, 1.82) is 0 Å². The van der Waals surface area contributed by atoms with Crippen molar-refractivity contribution < 1.29 is 23.2 Å². The number of fused-ring (bicyclic) bond motifs is 1. The molecule has 0 aliphatic carbocycles. The lowest BCUT2D eigenvalue weighted by Crippen LogP contribution is -2.42. The van der Waals surface area contributed by atoms with E-state index < -0.39 is 5.82 Å². The van der Waals surface area contributed by atoms with Gasteiger partial charge in [0.15, 0.2) is 17.6 Å². The van der Waals surface area contributed by atoms with Gasteiger partial charge >= 0.3 is 0 Å². The van der Waals surface area contributed by atoms with Crippen molar-refractivity contribution in [1.82, 2.24) is 10.1 Å². The number of rotatable bonds is 4. The van der Waals surface area contributed by atoms with Crippen molar-refractivity contribution in [3.05, 3.63) is 64.6 Å². The van der Waals surface area contributed by atoms with Crippen LogP contribution in [0.4, 0.5) is 4.39 Å². The van der Waals surface area contributed by atoms with Crippen LogP contribution in [0.1, 0.15) is 16.1 Å². The monoisotopic (exact) mass is 416 g/mol. The van der Waals surface area contributed by atoms with E-state index in [2.05, 4.69) is 5.16 Å². The topological polar surface area (TPSA) is 64.8 Å². The molecule has 1 atom stereocenters. The first-order valence-electron chi connectivity index (χ1n) is 9.00. The first-order chi connectivity index (χ1) is 14.0. The number of hydrogen-bond donors (Lipinski definition) is 0. The van der Waals surface area contributed by atoms with Gasteiger partial charge in [-0.2, -0.15) is 0 Å². The summed E-state index contributed by atoms with van der Waals surface area (Å²) in [5.41, 5.74) is 0.277. The molecule has 29 heavy (non-hydrogen) atoms. The standard InChI is InChI=1S/C21H18ClFN2O4/c1-12-18(20(24-29-12)19-14(22)6-5-7-15(19)23)21(26)25(2)10-13-11-27-16-8-3-4-9-17(16)28-13/h3-9,13H,10-11H2,1-2H3. The Balaban J connectivity index is 1.57. The van der Waals surface area contributed by atoms with Crippen LogP contribution in [0, 0.1) is 12.7 Å². The number of carbonyl (C=O) groups is 1. The zero-order valence-corrected chi connectivity index (χ0v) is 16.6.